The lowest BCUT2D eigenvalue weighted by Gasteiger charge is -2.28. The van der Waals surface area contributed by atoms with Gasteiger partial charge < -0.3 is 19.9 Å². The van der Waals surface area contributed by atoms with Gasteiger partial charge in [-0.15, -0.1) is 11.3 Å². The Morgan fingerprint density at radius 2 is 1.86 bits per heavy atom. The van der Waals surface area contributed by atoms with Crippen molar-refractivity contribution in [3.63, 3.8) is 0 Å². The topological polar surface area (TPSA) is 85.7 Å². The molecular weight excluding hydrogens is 460 g/mol. The summed E-state index contributed by atoms with van der Waals surface area (Å²) >= 11 is 1.62. The van der Waals surface area contributed by atoms with Crippen molar-refractivity contribution >= 4 is 29.0 Å². The van der Waals surface area contributed by atoms with Crippen LogP contribution in [0.25, 0.3) is 0 Å². The summed E-state index contributed by atoms with van der Waals surface area (Å²) in [5.74, 6) is -0.139. The third kappa shape index (κ3) is 7.95. The van der Waals surface area contributed by atoms with E-state index >= 15 is 0 Å². The lowest BCUT2D eigenvalue weighted by molar-refractivity contribution is -0.133. The molecule has 3 amide bonds. The summed E-state index contributed by atoms with van der Waals surface area (Å²) in [6.45, 7) is 3.75. The fourth-order valence-electron chi connectivity index (χ4n) is 3.56. The summed E-state index contributed by atoms with van der Waals surface area (Å²) in [5, 5.41) is 14.0. The Morgan fingerprint density at radius 1 is 1.06 bits per heavy atom. The summed E-state index contributed by atoms with van der Waals surface area (Å²) in [5.41, 5.74) is 3.13. The first-order chi connectivity index (χ1) is 17.0. The van der Waals surface area contributed by atoms with Crippen LogP contribution in [-0.2, 0) is 22.6 Å². The van der Waals surface area contributed by atoms with Crippen LogP contribution in [-0.4, -0.2) is 48.5 Å². The van der Waals surface area contributed by atoms with Crippen LogP contribution in [0.1, 0.15) is 28.0 Å². The SMILES string of the molecule is COCCCN(CC(=O)N(Cc1ccccc1)Cc1sccc1C)C(=O)Nc1cccc(C#N)c1. The Balaban J connectivity index is 1.77. The first-order valence-corrected chi connectivity index (χ1v) is 12.3. The van der Waals surface area contributed by atoms with Gasteiger partial charge in [0.1, 0.15) is 6.54 Å². The highest BCUT2D eigenvalue weighted by Gasteiger charge is 2.23. The van der Waals surface area contributed by atoms with E-state index in [4.69, 9.17) is 10.00 Å². The van der Waals surface area contributed by atoms with Crippen molar-refractivity contribution in [1.29, 1.82) is 5.26 Å². The maximum atomic E-state index is 13.5. The van der Waals surface area contributed by atoms with E-state index in [1.165, 1.54) is 4.90 Å². The Morgan fingerprint density at radius 3 is 2.54 bits per heavy atom. The molecule has 0 aliphatic rings. The molecule has 1 N–H and O–H groups in total. The predicted octanol–water partition coefficient (Wildman–Crippen LogP) is 5.03. The highest BCUT2D eigenvalue weighted by atomic mass is 32.1. The number of anilines is 1. The number of nitriles is 1. The van der Waals surface area contributed by atoms with E-state index in [-0.39, 0.29) is 12.5 Å². The molecule has 0 saturated carbocycles. The molecule has 0 aliphatic carbocycles. The molecule has 8 heteroatoms. The van der Waals surface area contributed by atoms with Crippen LogP contribution < -0.4 is 5.32 Å². The van der Waals surface area contributed by atoms with Gasteiger partial charge in [-0.1, -0.05) is 36.4 Å². The molecule has 0 fully saturated rings. The Hall–Kier alpha value is -3.67. The summed E-state index contributed by atoms with van der Waals surface area (Å²) < 4.78 is 5.15. The van der Waals surface area contributed by atoms with Crippen LogP contribution in [0.2, 0.25) is 0 Å². The zero-order valence-corrected chi connectivity index (χ0v) is 20.9. The number of carbonyl (C=O) groups excluding carboxylic acids is 2. The Kier molecular flexibility index (Phi) is 9.84. The summed E-state index contributed by atoms with van der Waals surface area (Å²) in [6, 6.07) is 20.3. The first kappa shape index (κ1) is 25.9. The molecule has 35 heavy (non-hydrogen) atoms. The van der Waals surface area contributed by atoms with Crippen LogP contribution >= 0.6 is 11.3 Å². The average Bonchev–Trinajstić information content (AvgIpc) is 3.27. The molecule has 0 radical (unpaired) electrons. The van der Waals surface area contributed by atoms with Crippen LogP contribution in [0.4, 0.5) is 10.5 Å². The number of aryl methyl sites for hydroxylation is 1. The zero-order valence-electron chi connectivity index (χ0n) is 20.1. The van der Waals surface area contributed by atoms with Crippen molar-refractivity contribution in [3.8, 4) is 6.07 Å². The number of amides is 3. The summed E-state index contributed by atoms with van der Waals surface area (Å²) in [7, 11) is 1.61. The Labute approximate surface area is 210 Å². The monoisotopic (exact) mass is 490 g/mol. The van der Waals surface area contributed by atoms with Crippen LogP contribution in [0.3, 0.4) is 0 Å². The molecule has 2 aromatic carbocycles. The maximum Gasteiger partial charge on any atom is 0.322 e. The van der Waals surface area contributed by atoms with Gasteiger partial charge in [-0.2, -0.15) is 5.26 Å². The number of ether oxygens (including phenoxy) is 1. The number of nitrogens with zero attached hydrogens (tertiary/aromatic N) is 3. The lowest BCUT2D eigenvalue weighted by Crippen LogP contribution is -2.44. The number of rotatable bonds is 11. The van der Waals surface area contributed by atoms with Crippen LogP contribution in [0.5, 0.6) is 0 Å². The first-order valence-electron chi connectivity index (χ1n) is 11.4. The Bertz CT molecular complexity index is 1160. The van der Waals surface area contributed by atoms with Crippen LogP contribution in [0, 0.1) is 18.3 Å². The standard InChI is InChI=1S/C27H30N4O3S/c1-21-12-15-35-25(21)19-31(18-22-8-4-3-5-9-22)26(32)20-30(13-7-14-34-2)27(33)29-24-11-6-10-23(16-24)17-28/h3-6,8-12,15-16H,7,13-14,18-20H2,1-2H3,(H,29,33). The van der Waals surface area contributed by atoms with E-state index in [0.717, 1.165) is 16.0 Å². The molecule has 1 heterocycles. The molecule has 0 aliphatic heterocycles. The van der Waals surface area contributed by atoms with Crippen molar-refractivity contribution in [1.82, 2.24) is 9.80 Å². The molecule has 182 valence electrons. The van der Waals surface area contributed by atoms with Gasteiger partial charge in [-0.25, -0.2) is 4.79 Å². The summed E-state index contributed by atoms with van der Waals surface area (Å²) in [4.78, 5) is 31.1. The van der Waals surface area contributed by atoms with Crippen molar-refractivity contribution in [2.75, 3.05) is 32.1 Å². The number of carbonyl (C=O) groups is 2. The number of thiophene rings is 1. The zero-order chi connectivity index (χ0) is 25.0. The van der Waals surface area contributed by atoms with Crippen molar-refractivity contribution in [2.45, 2.75) is 26.4 Å². The smallest absolute Gasteiger partial charge is 0.322 e. The minimum Gasteiger partial charge on any atom is -0.385 e. The molecule has 0 unspecified atom stereocenters. The van der Waals surface area contributed by atoms with Crippen LogP contribution in [0.15, 0.2) is 66.0 Å². The van der Waals surface area contributed by atoms with E-state index in [9.17, 15) is 9.59 Å². The maximum absolute atomic E-state index is 13.5. The minimum absolute atomic E-state index is 0.0647. The van der Waals surface area contributed by atoms with E-state index < -0.39 is 6.03 Å². The van der Waals surface area contributed by atoms with Gasteiger partial charge in [0.05, 0.1) is 18.2 Å². The van der Waals surface area contributed by atoms with Crippen molar-refractivity contribution < 1.29 is 14.3 Å². The number of urea groups is 1. The quantitative estimate of drug-likeness (QED) is 0.382. The molecule has 1 aromatic heterocycles. The second kappa shape index (κ2) is 13.3. The lowest BCUT2D eigenvalue weighted by atomic mass is 10.2. The molecule has 0 spiro atoms. The average molecular weight is 491 g/mol. The molecule has 0 bridgehead atoms. The van der Waals surface area contributed by atoms with Gasteiger partial charge in [0.25, 0.3) is 0 Å². The van der Waals surface area contributed by atoms with Crippen molar-refractivity contribution in [3.05, 3.63) is 87.6 Å². The number of benzene rings is 2. The van der Waals surface area contributed by atoms with Gasteiger partial charge in [-0.3, -0.25) is 4.79 Å². The number of methoxy groups -OCH3 is 1. The minimum atomic E-state index is -0.392. The van der Waals surface area contributed by atoms with Gasteiger partial charge in [0.15, 0.2) is 0 Å². The van der Waals surface area contributed by atoms with E-state index in [0.29, 0.717) is 43.9 Å². The second-order valence-corrected chi connectivity index (χ2v) is 9.15. The fraction of sp³-hybridized carbons (Fsp3) is 0.296. The van der Waals surface area contributed by atoms with Gasteiger partial charge in [0.2, 0.25) is 5.91 Å². The highest BCUT2D eigenvalue weighted by molar-refractivity contribution is 7.10. The van der Waals surface area contributed by atoms with Crippen molar-refractivity contribution in [2.24, 2.45) is 0 Å². The molecule has 3 rings (SSSR count). The number of hydrogen-bond acceptors (Lipinski definition) is 5. The largest absolute Gasteiger partial charge is 0.385 e. The van der Waals surface area contributed by atoms with Gasteiger partial charge >= 0.3 is 6.03 Å². The third-order valence-corrected chi connectivity index (χ3v) is 6.51. The van der Waals surface area contributed by atoms with Gasteiger partial charge in [0, 0.05) is 37.4 Å². The van der Waals surface area contributed by atoms with Gasteiger partial charge in [-0.05, 0) is 54.1 Å². The molecular formula is C27H30N4O3S. The third-order valence-electron chi connectivity index (χ3n) is 5.50. The summed E-state index contributed by atoms with van der Waals surface area (Å²) in [6.07, 6.45) is 0.595. The molecule has 7 nitrogen and oxygen atoms in total. The second-order valence-electron chi connectivity index (χ2n) is 8.15. The van der Waals surface area contributed by atoms with E-state index in [1.54, 1.807) is 47.6 Å². The van der Waals surface area contributed by atoms with E-state index in [1.807, 2.05) is 48.7 Å². The molecule has 0 atom stereocenters. The number of nitrogens with one attached hydrogen (secondary N) is 1. The predicted molar refractivity (Wildman–Crippen MR) is 138 cm³/mol. The normalized spacial score (nSPS) is 10.4. The molecule has 3 aromatic rings. The number of hydrogen-bond donors (Lipinski definition) is 1. The highest BCUT2D eigenvalue weighted by Crippen LogP contribution is 2.20. The fourth-order valence-corrected chi connectivity index (χ4v) is 4.48. The molecule has 0 saturated heterocycles. The van der Waals surface area contributed by atoms with E-state index in [2.05, 4.69) is 11.4 Å².